The molecule has 228 valence electrons. The highest BCUT2D eigenvalue weighted by Gasteiger charge is 2.43. The second-order valence-corrected chi connectivity index (χ2v) is 13.5. The van der Waals surface area contributed by atoms with E-state index in [9.17, 15) is 4.79 Å². The third-order valence-electron chi connectivity index (χ3n) is 8.60. The molecule has 0 aromatic heterocycles. The van der Waals surface area contributed by atoms with E-state index in [1.54, 1.807) is 28.4 Å². The lowest BCUT2D eigenvalue weighted by molar-refractivity contribution is -0.119. The van der Waals surface area contributed by atoms with E-state index >= 15 is 0 Å². The van der Waals surface area contributed by atoms with Crippen LogP contribution < -0.4 is 24.3 Å². The van der Waals surface area contributed by atoms with Gasteiger partial charge in [-0.25, -0.2) is 0 Å². The number of benzene rings is 5. The van der Waals surface area contributed by atoms with E-state index in [-0.39, 0.29) is 17.1 Å². The summed E-state index contributed by atoms with van der Waals surface area (Å²) in [6.07, 6.45) is 0.840. The second kappa shape index (κ2) is 13.6. The Labute approximate surface area is 266 Å². The lowest BCUT2D eigenvalue weighted by Crippen LogP contribution is -2.26. The van der Waals surface area contributed by atoms with Gasteiger partial charge in [0.05, 0.1) is 28.4 Å². The number of ketones is 1. The van der Waals surface area contributed by atoms with Crippen LogP contribution in [-0.4, -0.2) is 34.2 Å². The number of ether oxygens (including phenoxy) is 4. The third-order valence-corrected chi connectivity index (χ3v) is 11.9. The quantitative estimate of drug-likeness (QED) is 0.155. The number of carbonyl (C=O) groups is 1. The molecule has 6 heteroatoms. The first-order chi connectivity index (χ1) is 22.1. The summed E-state index contributed by atoms with van der Waals surface area (Å²) < 4.78 is 23.8. The standard InChI is InChI=1S/C39H37O5P/c1-41-33-20-9-5-14-27(33)29-18-13-19-30(28-15-6-10-21-34(28)42-2)39(29)45-37(31-16-7-11-22-35(31)43-3)24-26(40)25-38(45)32-17-8-12-23-36(32)44-4/h5-23,37-38H,24-25H2,1-4H3. The Bertz CT molecular complexity index is 1690. The maximum atomic E-state index is 13.8. The van der Waals surface area contributed by atoms with E-state index < -0.39 is 7.92 Å². The van der Waals surface area contributed by atoms with Crippen molar-refractivity contribution in [3.8, 4) is 45.3 Å². The van der Waals surface area contributed by atoms with Crippen LogP contribution >= 0.6 is 7.92 Å². The fraction of sp³-hybridized carbons (Fsp3) is 0.205. The highest BCUT2D eigenvalue weighted by atomic mass is 31.1. The van der Waals surface area contributed by atoms with Crippen LogP contribution in [0.2, 0.25) is 0 Å². The molecule has 1 heterocycles. The van der Waals surface area contributed by atoms with Gasteiger partial charge in [0.1, 0.15) is 28.8 Å². The lowest BCUT2D eigenvalue weighted by Gasteiger charge is -2.41. The molecule has 2 atom stereocenters. The summed E-state index contributed by atoms with van der Waals surface area (Å²) in [5.41, 5.74) is 6.02. The van der Waals surface area contributed by atoms with Crippen LogP contribution in [0, 0.1) is 0 Å². The zero-order chi connectivity index (χ0) is 31.3. The van der Waals surface area contributed by atoms with Gasteiger partial charge in [0, 0.05) is 46.4 Å². The van der Waals surface area contributed by atoms with Gasteiger partial charge in [0.15, 0.2) is 0 Å². The van der Waals surface area contributed by atoms with Gasteiger partial charge in [-0.15, -0.1) is 0 Å². The number of hydrogen-bond acceptors (Lipinski definition) is 5. The molecule has 1 saturated heterocycles. The van der Waals surface area contributed by atoms with E-state index in [0.717, 1.165) is 56.4 Å². The van der Waals surface area contributed by atoms with Crippen LogP contribution in [0.15, 0.2) is 115 Å². The second-order valence-electron chi connectivity index (χ2n) is 11.0. The van der Waals surface area contributed by atoms with Crippen molar-refractivity contribution < 1.29 is 23.7 Å². The van der Waals surface area contributed by atoms with Crippen molar-refractivity contribution >= 4 is 19.0 Å². The summed E-state index contributed by atoms with van der Waals surface area (Å²) >= 11 is 0. The van der Waals surface area contributed by atoms with E-state index in [1.807, 2.05) is 72.8 Å². The highest BCUT2D eigenvalue weighted by Crippen LogP contribution is 2.69. The summed E-state index contributed by atoms with van der Waals surface area (Å²) in [4.78, 5) is 13.8. The first-order valence-electron chi connectivity index (χ1n) is 15.0. The molecule has 2 unspecified atom stereocenters. The van der Waals surface area contributed by atoms with E-state index in [2.05, 4.69) is 42.5 Å². The Hall–Kier alpha value is -4.60. The molecule has 6 rings (SSSR count). The minimum Gasteiger partial charge on any atom is -0.496 e. The van der Waals surface area contributed by atoms with Crippen molar-refractivity contribution in [2.45, 2.75) is 24.2 Å². The molecular formula is C39H37O5P. The SMILES string of the molecule is COc1ccccc1-c1cccc(-c2ccccc2OC)c1P1C(c2ccccc2OC)CC(=O)CC1c1ccccc1OC. The monoisotopic (exact) mass is 616 g/mol. The van der Waals surface area contributed by atoms with Crippen molar-refractivity contribution in [2.24, 2.45) is 0 Å². The van der Waals surface area contributed by atoms with Crippen LogP contribution in [-0.2, 0) is 4.79 Å². The Morgan fingerprint density at radius 2 is 0.822 bits per heavy atom. The first kappa shape index (κ1) is 30.4. The fourth-order valence-corrected chi connectivity index (χ4v) is 10.5. The minimum absolute atomic E-state index is 0.114. The van der Waals surface area contributed by atoms with Gasteiger partial charge in [-0.2, -0.15) is 0 Å². The number of para-hydroxylation sites is 4. The lowest BCUT2D eigenvalue weighted by atomic mass is 9.97. The molecule has 45 heavy (non-hydrogen) atoms. The molecule has 0 radical (unpaired) electrons. The smallest absolute Gasteiger partial charge is 0.134 e. The molecular weight excluding hydrogens is 579 g/mol. The zero-order valence-corrected chi connectivity index (χ0v) is 26.9. The average molecular weight is 617 g/mol. The Kier molecular flexibility index (Phi) is 9.18. The molecule has 0 aliphatic carbocycles. The largest absolute Gasteiger partial charge is 0.496 e. The highest BCUT2D eigenvalue weighted by molar-refractivity contribution is 7.67. The van der Waals surface area contributed by atoms with Gasteiger partial charge in [-0.05, 0) is 40.7 Å². The number of rotatable bonds is 9. The van der Waals surface area contributed by atoms with Gasteiger partial charge in [0.2, 0.25) is 0 Å². The Morgan fingerprint density at radius 1 is 0.467 bits per heavy atom. The number of methoxy groups -OCH3 is 4. The molecule has 1 aliphatic heterocycles. The maximum Gasteiger partial charge on any atom is 0.134 e. The number of carbonyl (C=O) groups excluding carboxylic acids is 1. The predicted molar refractivity (Wildman–Crippen MR) is 183 cm³/mol. The Morgan fingerprint density at radius 3 is 1.24 bits per heavy atom. The van der Waals surface area contributed by atoms with Crippen LogP contribution in [0.4, 0.5) is 0 Å². The third kappa shape index (κ3) is 5.81. The van der Waals surface area contributed by atoms with Crippen molar-refractivity contribution in [1.82, 2.24) is 0 Å². The molecule has 5 nitrogen and oxygen atoms in total. The number of Topliss-reactive ketones (excluding diaryl/α,β-unsaturated/α-hetero) is 1. The summed E-state index contributed by atoms with van der Waals surface area (Å²) in [7, 11) is 5.69. The van der Waals surface area contributed by atoms with Crippen molar-refractivity contribution in [1.29, 1.82) is 0 Å². The van der Waals surface area contributed by atoms with Crippen LogP contribution in [0.5, 0.6) is 23.0 Å². The molecule has 0 bridgehead atoms. The topological polar surface area (TPSA) is 54.0 Å². The van der Waals surface area contributed by atoms with Gasteiger partial charge in [-0.3, -0.25) is 4.79 Å². The summed E-state index contributed by atoms with van der Waals surface area (Å²) in [5, 5.41) is 1.20. The summed E-state index contributed by atoms with van der Waals surface area (Å²) in [5.74, 6) is 3.40. The number of hydrogen-bond donors (Lipinski definition) is 0. The molecule has 0 amide bonds. The molecule has 1 fully saturated rings. The van der Waals surface area contributed by atoms with E-state index in [0.29, 0.717) is 12.8 Å². The van der Waals surface area contributed by atoms with Crippen molar-refractivity contribution in [3.05, 3.63) is 126 Å². The summed E-state index contributed by atoms with van der Waals surface area (Å²) in [6.45, 7) is 0. The van der Waals surface area contributed by atoms with Gasteiger partial charge >= 0.3 is 0 Å². The van der Waals surface area contributed by atoms with E-state index in [4.69, 9.17) is 18.9 Å². The molecule has 0 saturated carbocycles. The fourth-order valence-electron chi connectivity index (χ4n) is 6.63. The molecule has 5 aromatic rings. The van der Waals surface area contributed by atoms with E-state index in [1.165, 1.54) is 5.30 Å². The normalized spacial score (nSPS) is 17.9. The average Bonchev–Trinajstić information content (AvgIpc) is 3.10. The van der Waals surface area contributed by atoms with Gasteiger partial charge in [-0.1, -0.05) is 98.9 Å². The Balaban J connectivity index is 1.74. The first-order valence-corrected chi connectivity index (χ1v) is 16.5. The molecule has 0 N–H and O–H groups in total. The molecule has 0 spiro atoms. The van der Waals surface area contributed by atoms with Gasteiger partial charge in [0.25, 0.3) is 0 Å². The molecule has 1 aliphatic rings. The summed E-state index contributed by atoms with van der Waals surface area (Å²) in [6, 6.07) is 39.0. The van der Waals surface area contributed by atoms with Crippen LogP contribution in [0.1, 0.15) is 35.3 Å². The zero-order valence-electron chi connectivity index (χ0n) is 26.0. The van der Waals surface area contributed by atoms with Gasteiger partial charge < -0.3 is 18.9 Å². The van der Waals surface area contributed by atoms with Crippen LogP contribution in [0.3, 0.4) is 0 Å². The minimum atomic E-state index is -1.13. The maximum absolute atomic E-state index is 13.8. The van der Waals surface area contributed by atoms with Crippen molar-refractivity contribution in [3.63, 3.8) is 0 Å². The van der Waals surface area contributed by atoms with Crippen molar-refractivity contribution in [2.75, 3.05) is 28.4 Å². The molecule has 5 aromatic carbocycles. The predicted octanol–water partition coefficient (Wildman–Crippen LogP) is 9.01. The van der Waals surface area contributed by atoms with Crippen LogP contribution in [0.25, 0.3) is 22.3 Å².